The predicted molar refractivity (Wildman–Crippen MR) is 109 cm³/mol. The summed E-state index contributed by atoms with van der Waals surface area (Å²) in [5, 5.41) is 0. The second-order valence-corrected chi connectivity index (χ2v) is 8.08. The van der Waals surface area contributed by atoms with Crippen molar-refractivity contribution < 1.29 is 0 Å². The minimum atomic E-state index is 0.645. The molecule has 1 atom stereocenters. The Morgan fingerprint density at radius 2 is 1.72 bits per heavy atom. The summed E-state index contributed by atoms with van der Waals surface area (Å²) < 4.78 is 0. The molecule has 0 bridgehead atoms. The lowest BCUT2D eigenvalue weighted by atomic mass is 9.91. The van der Waals surface area contributed by atoms with Gasteiger partial charge in [0, 0.05) is 0 Å². The van der Waals surface area contributed by atoms with Crippen molar-refractivity contribution in [1.29, 1.82) is 0 Å². The fraction of sp³-hybridized carbons (Fsp3) is 0.440. The van der Waals surface area contributed by atoms with E-state index in [1.54, 1.807) is 16.7 Å². The van der Waals surface area contributed by atoms with Crippen LogP contribution in [0.1, 0.15) is 75.5 Å². The van der Waals surface area contributed by atoms with Gasteiger partial charge >= 0.3 is 0 Å². The molecule has 2 aromatic carbocycles. The highest BCUT2D eigenvalue weighted by Gasteiger charge is 2.28. The van der Waals surface area contributed by atoms with Gasteiger partial charge in [-0.15, -0.1) is 0 Å². The molecule has 0 saturated heterocycles. The first-order chi connectivity index (χ1) is 12.2. The van der Waals surface area contributed by atoms with Gasteiger partial charge in [-0.05, 0) is 77.8 Å². The Morgan fingerprint density at radius 1 is 1.00 bits per heavy atom. The smallest absolute Gasteiger partial charge is 0.00521 e. The molecule has 0 amide bonds. The number of fused-ring (bicyclic) bond motifs is 1. The zero-order valence-corrected chi connectivity index (χ0v) is 15.9. The van der Waals surface area contributed by atoms with Crippen LogP contribution >= 0.6 is 0 Å². The first kappa shape index (κ1) is 16.6. The van der Waals surface area contributed by atoms with Gasteiger partial charge in [0.1, 0.15) is 0 Å². The van der Waals surface area contributed by atoms with Gasteiger partial charge in [-0.25, -0.2) is 0 Å². The summed E-state index contributed by atoms with van der Waals surface area (Å²) in [6.07, 6.45) is 8.03. The predicted octanol–water partition coefficient (Wildman–Crippen LogP) is 7.39. The van der Waals surface area contributed by atoms with Crippen LogP contribution in [-0.2, 0) is 6.42 Å². The molecule has 1 unspecified atom stereocenters. The Hall–Kier alpha value is -1.82. The maximum absolute atomic E-state index is 2.37. The second kappa shape index (κ2) is 6.83. The molecule has 2 aliphatic carbocycles. The van der Waals surface area contributed by atoms with E-state index in [1.807, 2.05) is 0 Å². The minimum absolute atomic E-state index is 0.645. The Balaban J connectivity index is 1.72. The Labute approximate surface area is 153 Å². The van der Waals surface area contributed by atoms with E-state index >= 15 is 0 Å². The third-order valence-corrected chi connectivity index (χ3v) is 6.64. The average Bonchev–Trinajstić information content (AvgIpc) is 3.29. The van der Waals surface area contributed by atoms with Crippen LogP contribution in [0.5, 0.6) is 0 Å². The van der Waals surface area contributed by atoms with Gasteiger partial charge in [0.25, 0.3) is 0 Å². The lowest BCUT2D eigenvalue weighted by molar-refractivity contribution is 0.632. The second-order valence-electron chi connectivity index (χ2n) is 8.08. The molecule has 2 aromatic rings. The summed E-state index contributed by atoms with van der Waals surface area (Å²) in [5.74, 6) is 1.49. The molecule has 0 radical (unpaired) electrons. The van der Waals surface area contributed by atoms with Gasteiger partial charge < -0.3 is 0 Å². The maximum Gasteiger partial charge on any atom is -0.00521 e. The van der Waals surface area contributed by atoms with Gasteiger partial charge in [-0.2, -0.15) is 0 Å². The normalized spacial score (nSPS) is 18.7. The third-order valence-electron chi connectivity index (χ3n) is 6.64. The van der Waals surface area contributed by atoms with Crippen LogP contribution in [0.15, 0.2) is 48.0 Å². The molecule has 0 heteroatoms. The van der Waals surface area contributed by atoms with E-state index in [-0.39, 0.29) is 0 Å². The van der Waals surface area contributed by atoms with E-state index in [9.17, 15) is 0 Å². The highest BCUT2D eigenvalue weighted by molar-refractivity contribution is 5.87. The first-order valence-electron chi connectivity index (χ1n) is 10.1. The van der Waals surface area contributed by atoms with Crippen molar-refractivity contribution in [3.63, 3.8) is 0 Å². The Kier molecular flexibility index (Phi) is 4.54. The Bertz CT molecular complexity index is 785. The molecule has 0 heterocycles. The summed E-state index contributed by atoms with van der Waals surface area (Å²) >= 11 is 0. The van der Waals surface area contributed by atoms with Crippen LogP contribution in [0.2, 0.25) is 0 Å². The van der Waals surface area contributed by atoms with Crippen LogP contribution in [0.4, 0.5) is 0 Å². The molecular weight excluding hydrogens is 300 g/mol. The molecule has 0 aromatic heterocycles. The van der Waals surface area contributed by atoms with Crippen molar-refractivity contribution in [2.24, 2.45) is 5.92 Å². The molecule has 0 spiro atoms. The average molecular weight is 331 g/mol. The molecule has 25 heavy (non-hydrogen) atoms. The van der Waals surface area contributed by atoms with Gasteiger partial charge in [0.2, 0.25) is 0 Å². The van der Waals surface area contributed by atoms with Crippen molar-refractivity contribution in [3.05, 3.63) is 64.7 Å². The molecule has 1 saturated carbocycles. The van der Waals surface area contributed by atoms with Crippen molar-refractivity contribution in [1.82, 2.24) is 0 Å². The van der Waals surface area contributed by atoms with Crippen molar-refractivity contribution in [2.75, 3.05) is 0 Å². The largest absolute Gasteiger partial charge is 0.0648 e. The van der Waals surface area contributed by atoms with Crippen LogP contribution in [0.25, 0.3) is 16.7 Å². The fourth-order valence-electron chi connectivity index (χ4n) is 4.88. The van der Waals surface area contributed by atoms with E-state index < -0.39 is 0 Å². The van der Waals surface area contributed by atoms with Crippen LogP contribution in [-0.4, -0.2) is 0 Å². The van der Waals surface area contributed by atoms with Gasteiger partial charge in [-0.3, -0.25) is 0 Å². The maximum atomic E-state index is 2.37. The summed E-state index contributed by atoms with van der Waals surface area (Å²) in [5.41, 5.74) is 10.6. The number of hydrogen-bond acceptors (Lipinski definition) is 0. The van der Waals surface area contributed by atoms with Gasteiger partial charge in [0.15, 0.2) is 0 Å². The quantitative estimate of drug-likeness (QED) is 0.548. The highest BCUT2D eigenvalue weighted by atomic mass is 14.3. The van der Waals surface area contributed by atoms with Crippen LogP contribution in [0.3, 0.4) is 0 Å². The van der Waals surface area contributed by atoms with Gasteiger partial charge in [-0.1, -0.05) is 74.7 Å². The van der Waals surface area contributed by atoms with Crippen LogP contribution < -0.4 is 0 Å². The lowest BCUT2D eigenvalue weighted by Crippen LogP contribution is -1.99. The summed E-state index contributed by atoms with van der Waals surface area (Å²) in [6, 6.07) is 16.2. The van der Waals surface area contributed by atoms with Crippen LogP contribution in [0, 0.1) is 5.92 Å². The van der Waals surface area contributed by atoms with E-state index in [0.717, 1.165) is 5.92 Å². The van der Waals surface area contributed by atoms with E-state index in [1.165, 1.54) is 60.8 Å². The molecule has 2 aliphatic rings. The van der Waals surface area contributed by atoms with E-state index in [4.69, 9.17) is 0 Å². The SMILES string of the molecule is CCC(C)c1ccc(-c2cccc3c2C(C)=C(C2CCCC2)C3)cc1. The Morgan fingerprint density at radius 3 is 2.40 bits per heavy atom. The summed E-state index contributed by atoms with van der Waals surface area (Å²) in [4.78, 5) is 0. The molecule has 130 valence electrons. The highest BCUT2D eigenvalue weighted by Crippen LogP contribution is 2.45. The monoisotopic (exact) mass is 330 g/mol. The van der Waals surface area contributed by atoms with Crippen molar-refractivity contribution in [2.45, 2.75) is 65.2 Å². The fourth-order valence-corrected chi connectivity index (χ4v) is 4.88. The summed E-state index contributed by atoms with van der Waals surface area (Å²) in [6.45, 7) is 6.95. The molecule has 0 N–H and O–H groups in total. The number of allylic oxidation sites excluding steroid dienone is 2. The zero-order chi connectivity index (χ0) is 17.4. The lowest BCUT2D eigenvalue weighted by Gasteiger charge is -2.14. The first-order valence-corrected chi connectivity index (χ1v) is 10.1. The van der Waals surface area contributed by atoms with Crippen molar-refractivity contribution in [3.8, 4) is 11.1 Å². The van der Waals surface area contributed by atoms with E-state index in [0.29, 0.717) is 5.92 Å². The molecular formula is C25H30. The standard InChI is InChI=1S/C25H30/c1-4-17(2)19-12-14-21(15-13-19)23-11-7-10-22-16-24(18(3)25(22)23)20-8-5-6-9-20/h7,10-15,17,20H,4-6,8-9,16H2,1-3H3. The number of rotatable bonds is 4. The summed E-state index contributed by atoms with van der Waals surface area (Å²) in [7, 11) is 0. The molecule has 0 aliphatic heterocycles. The number of benzene rings is 2. The third kappa shape index (κ3) is 2.97. The van der Waals surface area contributed by atoms with Crippen molar-refractivity contribution >= 4 is 5.57 Å². The topological polar surface area (TPSA) is 0 Å². The van der Waals surface area contributed by atoms with Gasteiger partial charge in [0.05, 0.1) is 0 Å². The molecule has 1 fully saturated rings. The molecule has 0 nitrogen and oxygen atoms in total. The number of hydrogen-bond donors (Lipinski definition) is 0. The molecule has 4 rings (SSSR count). The van der Waals surface area contributed by atoms with E-state index in [2.05, 4.69) is 63.2 Å². The minimum Gasteiger partial charge on any atom is -0.0648 e. The zero-order valence-electron chi connectivity index (χ0n) is 15.9.